The summed E-state index contributed by atoms with van der Waals surface area (Å²) in [4.78, 5) is 35.3. The van der Waals surface area contributed by atoms with Crippen molar-refractivity contribution in [1.29, 1.82) is 0 Å². The average molecular weight is 739 g/mol. The lowest BCUT2D eigenvalue weighted by molar-refractivity contribution is -0.119. The number of phenols is 1. The summed E-state index contributed by atoms with van der Waals surface area (Å²) in [6.07, 6.45) is -7.25. The van der Waals surface area contributed by atoms with E-state index in [9.17, 15) is 49.8 Å². The van der Waals surface area contributed by atoms with Crippen LogP contribution >= 0.6 is 23.2 Å². The van der Waals surface area contributed by atoms with Gasteiger partial charge in [-0.25, -0.2) is 18.6 Å². The number of hydrogen-bond donors (Lipinski definition) is 1. The highest BCUT2D eigenvalue weighted by atomic mass is 35.5. The Morgan fingerprint density at radius 3 is 1.69 bits per heavy atom. The molecular formula is C29H20Cl2F8N6O4. The Labute approximate surface area is 281 Å². The molecule has 2 amide bonds. The predicted molar refractivity (Wildman–Crippen MR) is 161 cm³/mol. The fourth-order valence-electron chi connectivity index (χ4n) is 5.00. The number of anilines is 2. The van der Waals surface area contributed by atoms with Crippen LogP contribution in [0.3, 0.4) is 0 Å². The lowest BCUT2D eigenvalue weighted by atomic mass is 10.2. The molecule has 0 saturated carbocycles. The number of hydrogen-bond acceptors (Lipinski definition) is 8. The van der Waals surface area contributed by atoms with Crippen LogP contribution in [0, 0.1) is 11.6 Å². The van der Waals surface area contributed by atoms with E-state index in [4.69, 9.17) is 27.9 Å². The first-order valence-corrected chi connectivity index (χ1v) is 14.5. The number of aromatic hydroxyl groups is 1. The Balaban J connectivity index is 0.000000192. The normalized spacial score (nSPS) is 17.5. The van der Waals surface area contributed by atoms with Gasteiger partial charge in [-0.05, 0) is 12.1 Å². The number of aliphatic imine (C=N–C) groups is 2. The largest absolute Gasteiger partial charge is 0.506 e. The van der Waals surface area contributed by atoms with Crippen LogP contribution in [0.2, 0.25) is 10.0 Å². The van der Waals surface area contributed by atoms with Gasteiger partial charge in [-0.1, -0.05) is 35.9 Å². The summed E-state index contributed by atoms with van der Waals surface area (Å²) < 4.78 is 112. The van der Waals surface area contributed by atoms with E-state index in [0.29, 0.717) is 17.1 Å². The molecule has 0 spiro atoms. The van der Waals surface area contributed by atoms with Crippen molar-refractivity contribution < 1.29 is 54.6 Å². The van der Waals surface area contributed by atoms with E-state index in [1.165, 1.54) is 6.08 Å². The number of nitrogens with zero attached hydrogens (tertiary/aromatic N) is 6. The summed E-state index contributed by atoms with van der Waals surface area (Å²) in [6.45, 7) is 3.45. The van der Waals surface area contributed by atoms with Crippen molar-refractivity contribution in [2.24, 2.45) is 9.98 Å². The molecule has 0 saturated heterocycles. The van der Waals surface area contributed by atoms with Crippen LogP contribution in [0.4, 0.5) is 46.5 Å². The van der Waals surface area contributed by atoms with Crippen molar-refractivity contribution >= 4 is 58.3 Å². The zero-order chi connectivity index (χ0) is 36.0. The van der Waals surface area contributed by atoms with Crippen molar-refractivity contribution in [3.05, 3.63) is 82.1 Å². The molecule has 4 aliphatic heterocycles. The number of amides is 2. The second kappa shape index (κ2) is 13.2. The molecule has 10 nitrogen and oxygen atoms in total. The van der Waals surface area contributed by atoms with Crippen molar-refractivity contribution in [1.82, 2.24) is 9.80 Å². The van der Waals surface area contributed by atoms with Crippen LogP contribution in [0.15, 0.2) is 70.5 Å². The van der Waals surface area contributed by atoms with E-state index in [1.54, 1.807) is 0 Å². The first kappa shape index (κ1) is 35.5. The number of alkyl halides is 6. The number of carbonyl (C=O) groups is 2. The third-order valence-electron chi connectivity index (χ3n) is 7.02. The van der Waals surface area contributed by atoms with Gasteiger partial charge in [0.05, 0.1) is 34.5 Å². The van der Waals surface area contributed by atoms with Gasteiger partial charge in [-0.2, -0.15) is 26.3 Å². The minimum absolute atomic E-state index is 0.0216. The van der Waals surface area contributed by atoms with E-state index in [1.807, 2.05) is 0 Å². The minimum Gasteiger partial charge on any atom is -0.506 e. The lowest BCUT2D eigenvalue weighted by Crippen LogP contribution is -2.51. The Kier molecular flexibility index (Phi) is 9.57. The smallest absolute Gasteiger partial charge is 0.431 e. The maximum Gasteiger partial charge on any atom is 0.431 e. The third kappa shape index (κ3) is 6.87. The molecule has 0 atom stereocenters. The first-order chi connectivity index (χ1) is 22.9. The standard InChI is InChI=1S/C16H12ClF4N3O2.C13H8ClF4N3O2/c1-2-5-26-12-7-11(10(18)6-9(12)17)24-14(25)8-13(16(19,20)21)23-4-3-22-15(23)24;14-6-3-7(15)8(4-9(6)22)21-11(23)5-10(13(16,17)18)20-2-1-19-12(20)21/h2,6-8H,1,3-5H2;3-5,22H,1-2H2. The maximum absolute atomic E-state index is 14.4. The summed E-state index contributed by atoms with van der Waals surface area (Å²) in [6, 6.07) is 3.69. The molecule has 6 rings (SSSR count). The molecule has 2 aromatic carbocycles. The summed E-state index contributed by atoms with van der Waals surface area (Å²) >= 11 is 11.5. The van der Waals surface area contributed by atoms with Gasteiger partial charge in [0.25, 0.3) is 11.8 Å². The van der Waals surface area contributed by atoms with Crippen LogP contribution in [0.25, 0.3) is 0 Å². The molecule has 260 valence electrons. The molecule has 0 unspecified atom stereocenters. The van der Waals surface area contributed by atoms with Crippen LogP contribution < -0.4 is 14.5 Å². The maximum atomic E-state index is 14.4. The van der Waals surface area contributed by atoms with Crippen molar-refractivity contribution in [3.8, 4) is 11.5 Å². The Morgan fingerprint density at radius 2 is 1.24 bits per heavy atom. The van der Waals surface area contributed by atoms with Gasteiger partial charge in [-0.15, -0.1) is 0 Å². The monoisotopic (exact) mass is 738 g/mol. The van der Waals surface area contributed by atoms with Crippen LogP contribution in [-0.4, -0.2) is 83.8 Å². The summed E-state index contributed by atoms with van der Waals surface area (Å²) in [5.74, 6) is -5.13. The fraction of sp³-hybridized carbons (Fsp3) is 0.241. The molecule has 0 aliphatic carbocycles. The van der Waals surface area contributed by atoms with Gasteiger partial charge in [0.1, 0.15) is 41.1 Å². The number of phenolic OH excluding ortho intramolecular Hbond substituents is 1. The topological polar surface area (TPSA) is 101 Å². The Hall–Kier alpha value is -4.84. The first-order valence-electron chi connectivity index (χ1n) is 13.7. The highest BCUT2D eigenvalue weighted by Gasteiger charge is 2.48. The molecule has 0 aromatic heterocycles. The number of allylic oxidation sites excluding steroid dienone is 2. The van der Waals surface area contributed by atoms with Crippen LogP contribution in [-0.2, 0) is 9.59 Å². The van der Waals surface area contributed by atoms with Gasteiger partial charge in [-0.3, -0.25) is 19.6 Å². The van der Waals surface area contributed by atoms with Gasteiger partial charge in [0.15, 0.2) is 0 Å². The van der Waals surface area contributed by atoms with Crippen molar-refractivity contribution in [2.45, 2.75) is 12.4 Å². The van der Waals surface area contributed by atoms with Crippen LogP contribution in [0.5, 0.6) is 11.5 Å². The highest BCUT2D eigenvalue weighted by Crippen LogP contribution is 2.40. The summed E-state index contributed by atoms with van der Waals surface area (Å²) in [5.41, 5.74) is -3.03. The molecule has 49 heavy (non-hydrogen) atoms. The molecule has 0 fully saturated rings. The molecule has 4 aliphatic rings. The molecule has 2 aromatic rings. The third-order valence-corrected chi connectivity index (χ3v) is 7.61. The van der Waals surface area contributed by atoms with E-state index >= 15 is 0 Å². The average Bonchev–Trinajstić information content (AvgIpc) is 3.68. The molecule has 4 heterocycles. The van der Waals surface area contributed by atoms with E-state index in [0.717, 1.165) is 39.0 Å². The number of ether oxygens (including phenoxy) is 1. The molecule has 0 radical (unpaired) electrons. The van der Waals surface area contributed by atoms with Gasteiger partial charge >= 0.3 is 12.4 Å². The molecular weight excluding hydrogens is 719 g/mol. The Morgan fingerprint density at radius 1 is 0.796 bits per heavy atom. The highest BCUT2D eigenvalue weighted by molar-refractivity contribution is 6.33. The van der Waals surface area contributed by atoms with E-state index in [2.05, 4.69) is 16.6 Å². The number of halogens is 10. The Bertz CT molecular complexity index is 1860. The second-order valence-corrected chi connectivity index (χ2v) is 11.0. The zero-order valence-corrected chi connectivity index (χ0v) is 25.9. The number of benzene rings is 2. The van der Waals surface area contributed by atoms with Gasteiger partial charge in [0, 0.05) is 37.4 Å². The zero-order valence-electron chi connectivity index (χ0n) is 24.4. The molecule has 20 heteroatoms. The van der Waals surface area contributed by atoms with Gasteiger partial charge < -0.3 is 19.6 Å². The lowest BCUT2D eigenvalue weighted by Gasteiger charge is -2.35. The van der Waals surface area contributed by atoms with Crippen LogP contribution in [0.1, 0.15) is 0 Å². The fourth-order valence-corrected chi connectivity index (χ4v) is 5.35. The van der Waals surface area contributed by atoms with E-state index < -0.39 is 58.6 Å². The molecule has 0 bridgehead atoms. The number of guanidine groups is 2. The summed E-state index contributed by atoms with van der Waals surface area (Å²) in [7, 11) is 0. The SMILES string of the molecule is C=CCOc1cc(N2C(=O)C=C(C(F)(F)F)N3CCN=C32)c(F)cc1Cl.O=C1C=C(C(F)(F)F)N2CCN=C2N1c1cc(O)c(Cl)cc1F. The van der Waals surface area contributed by atoms with Crippen molar-refractivity contribution in [3.63, 3.8) is 0 Å². The number of fused-ring (bicyclic) bond motifs is 2. The van der Waals surface area contributed by atoms with Gasteiger partial charge in [0.2, 0.25) is 11.9 Å². The van der Waals surface area contributed by atoms with E-state index in [-0.39, 0.29) is 66.2 Å². The second-order valence-electron chi connectivity index (χ2n) is 10.2. The number of rotatable bonds is 5. The molecule has 1 N–H and O–H groups in total. The minimum atomic E-state index is -4.74. The number of carbonyl (C=O) groups excluding carboxylic acids is 2. The van der Waals surface area contributed by atoms with Crippen molar-refractivity contribution in [2.75, 3.05) is 42.6 Å². The summed E-state index contributed by atoms with van der Waals surface area (Å²) in [5, 5.41) is 9.25. The quantitative estimate of drug-likeness (QED) is 0.292. The predicted octanol–water partition coefficient (Wildman–Crippen LogP) is 6.16.